The highest BCUT2D eigenvalue weighted by Crippen LogP contribution is 2.48. The zero-order valence-corrected chi connectivity index (χ0v) is 62.7. The summed E-state index contributed by atoms with van der Waals surface area (Å²) >= 11 is 0. The third-order valence-electron chi connectivity index (χ3n) is 18.2. The Hall–Kier alpha value is -6.95. The fourth-order valence-corrected chi connectivity index (χ4v) is 14.3. The first kappa shape index (κ1) is 91.3. The number of aryl methyl sites for hydroxylation is 4. The molecule has 7 N–H and O–H groups in total. The number of aliphatic hydroxyl groups excluding tert-OH is 1. The summed E-state index contributed by atoms with van der Waals surface area (Å²) in [5.41, 5.74) is 12.1. The van der Waals surface area contributed by atoms with Gasteiger partial charge in [0.2, 0.25) is 6.54 Å². The SMILES string of the molecule is C.C.C.CCO[C@@H]1[C@H](C)[C@@H](CC)O[C@H]1n1cc(C)c(=O)[nH]c1=O.CCO[C@@H]1[C@H](C)[C@@H](CC)O[C@H]1n1cc(C)c(N)nc1=O.CCO[C@@H]1[C@H](C)[C@@H](CO)O[C@H]1n1cc(C)c(N)nc1=O.[C-]#[N+]CCOP(OC[C@H]1O[C@@H](n2cc(C)c(NC(=O)c3ccccc3)nc2=O)[C@H](OCC)[C@@H]1C)N(C(C)C)C(C)C. The van der Waals surface area contributed by atoms with Crippen LogP contribution in [0.25, 0.3) is 4.85 Å². The minimum absolute atomic E-state index is 0. The highest BCUT2D eigenvalue weighted by atomic mass is 31.2. The van der Waals surface area contributed by atoms with Crippen molar-refractivity contribution in [2.24, 2.45) is 23.7 Å². The standard InChI is InChI=1S/C29H42N5O6P.C14H23N3O3.C14H22N2O4.C13H21N3O4.3CH4/c1-9-37-25-22(7)24(18-39-41(38-16-15-30-8)34(19(2)3)20(4)5)40-28(25)33-17-21(6)26(32-29(33)36)31-27(35)23-13-11-10-12-14-23;1-5-10-9(4)11(19-6-2)13(20-10)17-7-8(3)12(15)16-14(17)18;1-5-10-9(4)11(19-6-2)13(20-10)16-7-8(3)12(17)15-14(16)18;1-4-19-10-8(3)9(6-17)20-12(10)16-5-7(2)11(14)15-13(16)18;;;/h10-14,17,19-20,22,24-25,28H,9,15-16,18H2,1-7H3,(H,31,32,35,36);7,9-11,13H,5-6H2,1-4H3,(H2,15,16,18);7,9-11,13H,5-6H2,1-4H3,(H,15,17,18);5,8-10,12,17H,4,6H2,1-3H3,(H2,14,15,18);3*1H4/t22-,24-,25-,28-,41?;2*9-,10-,11-,13-;8-,9-,10-,12-;;;/m1111.../s1. The number of anilines is 3. The molecule has 584 valence electrons. The number of carbonyl (C=O) groups is 1. The monoisotopic (exact) mass is 1480 g/mol. The van der Waals surface area contributed by atoms with Crippen molar-refractivity contribution in [1.82, 2.24) is 42.9 Å². The molecule has 1 amide bonds. The van der Waals surface area contributed by atoms with E-state index in [-0.39, 0.29) is 156 Å². The van der Waals surface area contributed by atoms with Crippen molar-refractivity contribution in [3.8, 4) is 0 Å². The first-order valence-corrected chi connectivity index (χ1v) is 36.0. The van der Waals surface area contributed by atoms with Crippen LogP contribution in [0.5, 0.6) is 0 Å². The Labute approximate surface area is 614 Å². The molecule has 0 saturated carbocycles. The van der Waals surface area contributed by atoms with Crippen molar-refractivity contribution < 1.29 is 56.8 Å². The number of hydrogen-bond donors (Lipinski definition) is 5. The summed E-state index contributed by atoms with van der Waals surface area (Å²) < 4.78 is 67.7. The van der Waals surface area contributed by atoms with Gasteiger partial charge >= 0.3 is 22.8 Å². The zero-order valence-electron chi connectivity index (χ0n) is 61.8. The molecule has 4 aromatic heterocycles. The number of nitrogens with two attached hydrogens (primary N) is 2. The fraction of sp³-hybridized carbons (Fsp3) is 0.671. The number of carbonyl (C=O) groups excluding carboxylic acids is 1. The smallest absolute Gasteiger partial charge is 0.351 e. The van der Waals surface area contributed by atoms with Crippen molar-refractivity contribution in [2.45, 2.75) is 246 Å². The highest BCUT2D eigenvalue weighted by molar-refractivity contribution is 7.44. The third kappa shape index (κ3) is 22.6. The van der Waals surface area contributed by atoms with Crippen LogP contribution < -0.4 is 45.1 Å². The average Bonchev–Trinajstić information content (AvgIpc) is 1.64. The predicted octanol–water partition coefficient (Wildman–Crippen LogP) is 9.69. The second kappa shape index (κ2) is 43.0. The summed E-state index contributed by atoms with van der Waals surface area (Å²) in [6, 6.07) is 9.10. The number of nitrogen functional groups attached to an aromatic ring is 2. The van der Waals surface area contributed by atoms with E-state index < -0.39 is 62.3 Å². The Balaban J connectivity index is 0.000000380. The van der Waals surface area contributed by atoms with Crippen LogP contribution in [0.15, 0.2) is 79.1 Å². The molecule has 30 nitrogen and oxygen atoms in total. The van der Waals surface area contributed by atoms with Gasteiger partial charge in [-0.15, -0.1) is 0 Å². The molecule has 0 spiro atoms. The number of nitrogens with one attached hydrogen (secondary N) is 2. The summed E-state index contributed by atoms with van der Waals surface area (Å²) in [5.74, 6) is 0.634. The average molecular weight is 1480 g/mol. The number of benzene rings is 1. The van der Waals surface area contributed by atoms with Crippen molar-refractivity contribution in [3.63, 3.8) is 0 Å². The van der Waals surface area contributed by atoms with Gasteiger partial charge in [0.25, 0.3) is 20.0 Å². The molecule has 0 aliphatic carbocycles. The van der Waals surface area contributed by atoms with Gasteiger partial charge in [0.1, 0.15) is 48.5 Å². The van der Waals surface area contributed by atoms with Crippen LogP contribution in [0, 0.1) is 57.9 Å². The lowest BCUT2D eigenvalue weighted by atomic mass is 9.98. The largest absolute Gasteiger partial charge is 0.394 e. The first-order chi connectivity index (χ1) is 48.1. The zero-order chi connectivity index (χ0) is 74.7. The van der Waals surface area contributed by atoms with E-state index >= 15 is 0 Å². The van der Waals surface area contributed by atoms with Crippen LogP contribution in [-0.2, 0) is 46.9 Å². The summed E-state index contributed by atoms with van der Waals surface area (Å²) in [7, 11) is -1.44. The maximum absolute atomic E-state index is 13.2. The Bertz CT molecular complexity index is 3710. The molecule has 4 saturated heterocycles. The molecule has 1 unspecified atom stereocenters. The van der Waals surface area contributed by atoms with Gasteiger partial charge in [0.05, 0.1) is 37.6 Å². The number of aromatic nitrogens is 8. The fourth-order valence-electron chi connectivity index (χ4n) is 12.7. The van der Waals surface area contributed by atoms with Gasteiger partial charge in [-0.3, -0.25) is 32.8 Å². The topological polar surface area (TPSA) is 361 Å². The predicted molar refractivity (Wildman–Crippen MR) is 403 cm³/mol. The van der Waals surface area contributed by atoms with Crippen LogP contribution in [0.2, 0.25) is 0 Å². The lowest BCUT2D eigenvalue weighted by molar-refractivity contribution is -0.0708. The number of H-pyrrole nitrogens is 1. The summed E-state index contributed by atoms with van der Waals surface area (Å²) in [6.45, 7) is 45.1. The van der Waals surface area contributed by atoms with Gasteiger partial charge < -0.3 is 73.7 Å². The number of aromatic amines is 1. The molecule has 1 aromatic carbocycles. The van der Waals surface area contributed by atoms with Gasteiger partial charge in [-0.1, -0.05) is 82.0 Å². The summed E-state index contributed by atoms with van der Waals surface area (Å²) in [5, 5.41) is 12.1. The highest BCUT2D eigenvalue weighted by Gasteiger charge is 2.48. The van der Waals surface area contributed by atoms with E-state index in [4.69, 9.17) is 65.0 Å². The molecular formula is C73H120N13O17P. The van der Waals surface area contributed by atoms with E-state index in [0.717, 1.165) is 18.4 Å². The van der Waals surface area contributed by atoms with E-state index in [1.54, 1.807) is 69.8 Å². The maximum Gasteiger partial charge on any atom is 0.351 e. The first-order valence-electron chi connectivity index (χ1n) is 34.9. The molecule has 5 aromatic rings. The lowest BCUT2D eigenvalue weighted by Crippen LogP contribution is -2.38. The normalized spacial score (nSPS) is 25.6. The molecule has 4 aliphatic heterocycles. The van der Waals surface area contributed by atoms with Crippen LogP contribution in [0.3, 0.4) is 0 Å². The number of ether oxygens (including phenoxy) is 8. The Morgan fingerprint density at radius 3 is 1.39 bits per heavy atom. The minimum atomic E-state index is -1.44. The summed E-state index contributed by atoms with van der Waals surface area (Å²) in [6.07, 6.45) is 4.35. The molecule has 0 radical (unpaired) electrons. The van der Waals surface area contributed by atoms with E-state index in [1.807, 2.05) is 61.5 Å². The molecule has 4 fully saturated rings. The number of nitrogens with zero attached hydrogens (tertiary/aromatic N) is 9. The third-order valence-corrected chi connectivity index (χ3v) is 20.3. The molecular weight excluding hydrogens is 1360 g/mol. The number of amides is 1. The van der Waals surface area contributed by atoms with Gasteiger partial charge in [-0.05, 0) is 108 Å². The van der Waals surface area contributed by atoms with Gasteiger partial charge in [0, 0.05) is 115 Å². The van der Waals surface area contributed by atoms with Crippen molar-refractivity contribution in [1.29, 1.82) is 0 Å². The second-order valence-corrected chi connectivity index (χ2v) is 27.4. The van der Waals surface area contributed by atoms with Crippen molar-refractivity contribution in [3.05, 3.63) is 147 Å². The number of hydrogen-bond acceptors (Lipinski definition) is 23. The molecule has 104 heavy (non-hydrogen) atoms. The minimum Gasteiger partial charge on any atom is -0.394 e. The molecule has 17 atom stereocenters. The van der Waals surface area contributed by atoms with E-state index in [9.17, 15) is 33.9 Å². The number of rotatable bonds is 26. The molecule has 9 rings (SSSR count). The van der Waals surface area contributed by atoms with Gasteiger partial charge in [-0.2, -0.15) is 15.0 Å². The van der Waals surface area contributed by atoms with Crippen LogP contribution >= 0.6 is 8.53 Å². The van der Waals surface area contributed by atoms with Gasteiger partial charge in [-0.25, -0.2) is 30.4 Å². The van der Waals surface area contributed by atoms with Gasteiger partial charge in [0.15, 0.2) is 24.9 Å². The molecule has 31 heteroatoms. The van der Waals surface area contributed by atoms with E-state index in [1.165, 1.54) is 18.3 Å². The van der Waals surface area contributed by atoms with E-state index in [0.29, 0.717) is 48.7 Å². The second-order valence-electron chi connectivity index (χ2n) is 26.0. The van der Waals surface area contributed by atoms with E-state index in [2.05, 4.69) is 83.2 Å². The molecule has 8 heterocycles. The van der Waals surface area contributed by atoms with Crippen LogP contribution in [0.4, 0.5) is 17.5 Å². The Morgan fingerprint density at radius 1 is 0.596 bits per heavy atom. The molecule has 4 aliphatic rings. The Morgan fingerprint density at radius 2 is 0.981 bits per heavy atom. The summed E-state index contributed by atoms with van der Waals surface area (Å²) in [4.78, 5) is 90.9. The van der Waals surface area contributed by atoms with Crippen LogP contribution in [-0.4, -0.2) is 168 Å². The number of aliphatic hydroxyl groups is 1. The van der Waals surface area contributed by atoms with Crippen molar-refractivity contribution >= 4 is 31.9 Å². The molecule has 0 bridgehead atoms. The van der Waals surface area contributed by atoms with Crippen molar-refractivity contribution in [2.75, 3.05) is 69.6 Å². The van der Waals surface area contributed by atoms with Crippen LogP contribution in [0.1, 0.15) is 190 Å². The quantitative estimate of drug-likeness (QED) is 0.0195. The lowest BCUT2D eigenvalue weighted by Gasteiger charge is -2.36. The Kier molecular flexibility index (Phi) is 37.7. The maximum atomic E-state index is 13.2.